The molecule has 1 rings (SSSR count). The molecule has 0 spiro atoms. The van der Waals surface area contributed by atoms with Crippen LogP contribution in [0.15, 0.2) is 24.3 Å². The summed E-state index contributed by atoms with van der Waals surface area (Å²) in [5.74, 6) is 1.02. The second-order valence-electron chi connectivity index (χ2n) is 5.59. The van der Waals surface area contributed by atoms with Gasteiger partial charge >= 0.3 is 0 Å². The van der Waals surface area contributed by atoms with E-state index in [9.17, 15) is 4.79 Å². The Morgan fingerprint density at radius 1 is 1.28 bits per heavy atom. The molecule has 0 aromatic heterocycles. The van der Waals surface area contributed by atoms with Crippen LogP contribution in [0.3, 0.4) is 0 Å². The minimum Gasteiger partial charge on any atom is -0.491 e. The van der Waals surface area contributed by atoms with Crippen LogP contribution in [0.5, 0.6) is 5.75 Å². The third kappa shape index (κ3) is 4.06. The van der Waals surface area contributed by atoms with Crippen molar-refractivity contribution >= 4 is 5.91 Å². The predicted octanol–water partition coefficient (Wildman–Crippen LogP) is 2.88. The average molecular weight is 249 g/mol. The first-order chi connectivity index (χ1) is 8.32. The minimum atomic E-state index is -0.336. The van der Waals surface area contributed by atoms with Crippen molar-refractivity contribution in [3.63, 3.8) is 0 Å². The average Bonchev–Trinajstić information content (AvgIpc) is 2.29. The van der Waals surface area contributed by atoms with E-state index in [4.69, 9.17) is 4.74 Å². The first-order valence-electron chi connectivity index (χ1n) is 6.26. The minimum absolute atomic E-state index is 0.135. The van der Waals surface area contributed by atoms with E-state index in [-0.39, 0.29) is 11.3 Å². The summed E-state index contributed by atoms with van der Waals surface area (Å²) in [4.78, 5) is 13.7. The molecule has 100 valence electrons. The van der Waals surface area contributed by atoms with E-state index in [1.165, 1.54) is 0 Å². The van der Waals surface area contributed by atoms with Crippen LogP contribution in [0.2, 0.25) is 0 Å². The molecule has 0 aliphatic heterocycles. The fourth-order valence-corrected chi connectivity index (χ4v) is 1.69. The van der Waals surface area contributed by atoms with Gasteiger partial charge in [-0.05, 0) is 18.6 Å². The zero-order valence-electron chi connectivity index (χ0n) is 12.0. The van der Waals surface area contributed by atoms with Gasteiger partial charge in [-0.2, -0.15) is 0 Å². The van der Waals surface area contributed by atoms with Crippen molar-refractivity contribution < 1.29 is 9.53 Å². The maximum absolute atomic E-state index is 11.9. The van der Waals surface area contributed by atoms with Gasteiger partial charge in [0.05, 0.1) is 6.54 Å². The number of likely N-dealkylation sites (N-methyl/N-ethyl adjacent to an activating group) is 1. The van der Waals surface area contributed by atoms with Gasteiger partial charge in [0, 0.05) is 12.5 Å². The van der Waals surface area contributed by atoms with Crippen LogP contribution in [0.1, 0.15) is 26.3 Å². The first kappa shape index (κ1) is 14.6. The fourth-order valence-electron chi connectivity index (χ4n) is 1.69. The molecule has 0 aliphatic carbocycles. The third-order valence-electron chi connectivity index (χ3n) is 2.77. The van der Waals surface area contributed by atoms with Gasteiger partial charge in [-0.1, -0.05) is 39.0 Å². The van der Waals surface area contributed by atoms with E-state index < -0.39 is 0 Å². The second-order valence-corrected chi connectivity index (χ2v) is 5.59. The van der Waals surface area contributed by atoms with Gasteiger partial charge in [-0.15, -0.1) is 0 Å². The molecule has 0 aliphatic rings. The lowest BCUT2D eigenvalue weighted by Gasteiger charge is -2.26. The Balaban J connectivity index is 2.43. The summed E-state index contributed by atoms with van der Waals surface area (Å²) in [5.41, 5.74) is 0.777. The molecule has 0 radical (unpaired) electrons. The van der Waals surface area contributed by atoms with E-state index >= 15 is 0 Å². The normalized spacial score (nSPS) is 11.2. The Morgan fingerprint density at radius 3 is 2.44 bits per heavy atom. The van der Waals surface area contributed by atoms with E-state index in [2.05, 4.69) is 0 Å². The molecule has 0 heterocycles. The maximum Gasteiger partial charge on any atom is 0.227 e. The van der Waals surface area contributed by atoms with Gasteiger partial charge in [0.2, 0.25) is 5.91 Å². The molecule has 1 aromatic carbocycles. The summed E-state index contributed by atoms with van der Waals surface area (Å²) >= 11 is 0. The van der Waals surface area contributed by atoms with Crippen molar-refractivity contribution in [2.24, 2.45) is 5.41 Å². The monoisotopic (exact) mass is 249 g/mol. The molecule has 3 nitrogen and oxygen atoms in total. The SMILES string of the molecule is Cc1ccccc1OCCN(C)C(=O)C(C)(C)C. The fraction of sp³-hybridized carbons (Fsp3) is 0.533. The van der Waals surface area contributed by atoms with Crippen molar-refractivity contribution in [1.29, 1.82) is 0 Å². The number of aryl methyl sites for hydroxylation is 1. The van der Waals surface area contributed by atoms with E-state index in [0.717, 1.165) is 11.3 Å². The molecule has 1 aromatic rings. The quantitative estimate of drug-likeness (QED) is 0.821. The number of benzene rings is 1. The molecule has 0 bridgehead atoms. The highest BCUT2D eigenvalue weighted by Gasteiger charge is 2.24. The molecular weight excluding hydrogens is 226 g/mol. The molecule has 1 amide bonds. The van der Waals surface area contributed by atoms with Gasteiger partial charge in [-0.3, -0.25) is 4.79 Å². The molecular formula is C15H23NO2. The second kappa shape index (κ2) is 5.89. The van der Waals surface area contributed by atoms with Crippen molar-refractivity contribution in [3.8, 4) is 5.75 Å². The number of ether oxygens (including phenoxy) is 1. The number of carbonyl (C=O) groups is 1. The number of para-hydroxylation sites is 1. The van der Waals surface area contributed by atoms with Gasteiger partial charge in [0.25, 0.3) is 0 Å². The first-order valence-corrected chi connectivity index (χ1v) is 6.26. The Hall–Kier alpha value is -1.51. The van der Waals surface area contributed by atoms with Gasteiger partial charge < -0.3 is 9.64 Å². The van der Waals surface area contributed by atoms with Crippen LogP contribution in [-0.4, -0.2) is 31.0 Å². The number of amides is 1. The molecule has 0 fully saturated rings. The summed E-state index contributed by atoms with van der Waals surface area (Å²) in [6.07, 6.45) is 0. The number of carbonyl (C=O) groups excluding carboxylic acids is 1. The number of hydrogen-bond acceptors (Lipinski definition) is 2. The van der Waals surface area contributed by atoms with Gasteiger partial charge in [0.15, 0.2) is 0 Å². The topological polar surface area (TPSA) is 29.5 Å². The summed E-state index contributed by atoms with van der Waals surface area (Å²) in [5, 5.41) is 0. The Labute approximate surface area is 110 Å². The Kier molecular flexibility index (Phi) is 4.76. The smallest absolute Gasteiger partial charge is 0.227 e. The predicted molar refractivity (Wildman–Crippen MR) is 73.8 cm³/mol. The molecule has 3 heteroatoms. The van der Waals surface area contributed by atoms with Crippen molar-refractivity contribution in [3.05, 3.63) is 29.8 Å². The number of nitrogens with zero attached hydrogens (tertiary/aromatic N) is 1. The standard InChI is InChI=1S/C15H23NO2/c1-12-8-6-7-9-13(12)18-11-10-16(5)14(17)15(2,3)4/h6-9H,10-11H2,1-5H3. The van der Waals surface area contributed by atoms with Crippen LogP contribution < -0.4 is 4.74 Å². The highest BCUT2D eigenvalue weighted by atomic mass is 16.5. The summed E-state index contributed by atoms with van der Waals surface area (Å²) < 4.78 is 5.68. The number of rotatable bonds is 4. The Morgan fingerprint density at radius 2 is 1.89 bits per heavy atom. The number of hydrogen-bond donors (Lipinski definition) is 0. The zero-order valence-corrected chi connectivity index (χ0v) is 12.0. The molecule has 0 saturated heterocycles. The van der Waals surface area contributed by atoms with Gasteiger partial charge in [-0.25, -0.2) is 0 Å². The molecule has 0 unspecified atom stereocenters. The van der Waals surface area contributed by atoms with Crippen LogP contribution in [0, 0.1) is 12.3 Å². The highest BCUT2D eigenvalue weighted by Crippen LogP contribution is 2.17. The van der Waals surface area contributed by atoms with Crippen LogP contribution in [0.4, 0.5) is 0 Å². The van der Waals surface area contributed by atoms with Crippen LogP contribution in [0.25, 0.3) is 0 Å². The lowest BCUT2D eigenvalue weighted by molar-refractivity contribution is -0.138. The van der Waals surface area contributed by atoms with E-state index in [0.29, 0.717) is 13.2 Å². The largest absolute Gasteiger partial charge is 0.491 e. The maximum atomic E-state index is 11.9. The van der Waals surface area contributed by atoms with E-state index in [1.807, 2.05) is 59.0 Å². The molecule has 0 N–H and O–H groups in total. The summed E-state index contributed by atoms with van der Waals surface area (Å²) in [6.45, 7) is 8.91. The Bertz CT molecular complexity index is 407. The lowest BCUT2D eigenvalue weighted by atomic mass is 9.95. The zero-order chi connectivity index (χ0) is 13.8. The molecule has 18 heavy (non-hydrogen) atoms. The van der Waals surface area contributed by atoms with E-state index in [1.54, 1.807) is 4.90 Å². The summed E-state index contributed by atoms with van der Waals surface area (Å²) in [6, 6.07) is 7.89. The van der Waals surface area contributed by atoms with Crippen molar-refractivity contribution in [1.82, 2.24) is 4.90 Å². The third-order valence-corrected chi connectivity index (χ3v) is 2.77. The van der Waals surface area contributed by atoms with Crippen molar-refractivity contribution in [2.45, 2.75) is 27.7 Å². The lowest BCUT2D eigenvalue weighted by Crippen LogP contribution is -2.38. The molecule has 0 saturated carbocycles. The molecule has 0 atom stereocenters. The highest BCUT2D eigenvalue weighted by molar-refractivity contribution is 5.81. The van der Waals surface area contributed by atoms with Crippen LogP contribution in [-0.2, 0) is 4.79 Å². The van der Waals surface area contributed by atoms with Crippen LogP contribution >= 0.6 is 0 Å². The summed E-state index contributed by atoms with van der Waals surface area (Å²) in [7, 11) is 1.81. The van der Waals surface area contributed by atoms with Gasteiger partial charge in [0.1, 0.15) is 12.4 Å². The van der Waals surface area contributed by atoms with Crippen molar-refractivity contribution in [2.75, 3.05) is 20.2 Å².